The van der Waals surface area contributed by atoms with Crippen LogP contribution >= 0.6 is 0 Å². The van der Waals surface area contributed by atoms with Gasteiger partial charge in [-0.15, -0.1) is 4.91 Å². The van der Waals surface area contributed by atoms with Crippen LogP contribution in [-0.4, -0.2) is 19.4 Å². The minimum absolute atomic E-state index is 0. The Hall–Kier alpha value is -0.680. The summed E-state index contributed by atoms with van der Waals surface area (Å²) in [6.45, 7) is 0. The van der Waals surface area contributed by atoms with E-state index in [0.29, 0.717) is 5.28 Å². The minimum Gasteiger partial charge on any atom is -0.243 e. The highest BCUT2D eigenvalue weighted by molar-refractivity contribution is 4.11. The molecule has 0 spiro atoms. The topological polar surface area (TPSA) is 53.9 Å². The lowest BCUT2D eigenvalue weighted by Gasteiger charge is -2.06. The Morgan fingerprint density at radius 1 is 1.75 bits per heavy atom. The molecule has 0 aromatic carbocycles. The fraction of sp³-hybridized carbons (Fsp3) is 1.00. The first kappa shape index (κ1) is 10.3. The SMILES string of the molecule is C.CNN(N=O)OC. The molecule has 0 atom stereocenters. The van der Waals surface area contributed by atoms with Crippen molar-refractivity contribution in [2.24, 2.45) is 5.29 Å². The highest BCUT2D eigenvalue weighted by atomic mass is 16.7. The molecule has 0 radical (unpaired) electrons. The Kier molecular flexibility index (Phi) is 8.16. The number of hydrogen-bond acceptors (Lipinski definition) is 4. The maximum atomic E-state index is 9.46. The van der Waals surface area contributed by atoms with E-state index in [0.717, 1.165) is 0 Å². The first-order valence-electron chi connectivity index (χ1n) is 1.70. The van der Waals surface area contributed by atoms with Gasteiger partial charge < -0.3 is 0 Å². The van der Waals surface area contributed by atoms with Crippen LogP contribution in [0.1, 0.15) is 7.43 Å². The summed E-state index contributed by atoms with van der Waals surface area (Å²) in [4.78, 5) is 13.7. The predicted molar refractivity (Wildman–Crippen MR) is 30.4 cm³/mol. The van der Waals surface area contributed by atoms with Crippen molar-refractivity contribution in [1.29, 1.82) is 0 Å². The molecule has 50 valence electrons. The van der Waals surface area contributed by atoms with Crippen molar-refractivity contribution in [2.75, 3.05) is 14.2 Å². The van der Waals surface area contributed by atoms with E-state index in [4.69, 9.17) is 0 Å². The molecule has 0 saturated carbocycles. The molecule has 0 aromatic rings. The van der Waals surface area contributed by atoms with Crippen LogP contribution in [0.3, 0.4) is 0 Å². The molecule has 8 heavy (non-hydrogen) atoms. The van der Waals surface area contributed by atoms with E-state index in [9.17, 15) is 4.91 Å². The van der Waals surface area contributed by atoms with Crippen LogP contribution in [0.4, 0.5) is 0 Å². The number of nitrogens with zero attached hydrogens (tertiary/aromatic N) is 2. The van der Waals surface area contributed by atoms with E-state index < -0.39 is 0 Å². The maximum Gasteiger partial charge on any atom is 0.0962 e. The van der Waals surface area contributed by atoms with Gasteiger partial charge in [0.15, 0.2) is 0 Å². The Bertz CT molecular complexity index is 54.5. The summed E-state index contributed by atoms with van der Waals surface area (Å²) >= 11 is 0. The standard InChI is InChI=1S/C2H7N3O2.CH4/c1-3-5(4-6)7-2;/h3H,1-2H3;1H4. The van der Waals surface area contributed by atoms with Crippen molar-refractivity contribution in [3.05, 3.63) is 4.91 Å². The summed E-state index contributed by atoms with van der Waals surface area (Å²) < 4.78 is 0. The van der Waals surface area contributed by atoms with E-state index in [1.807, 2.05) is 0 Å². The molecule has 0 heterocycles. The van der Waals surface area contributed by atoms with Crippen LogP contribution in [0.25, 0.3) is 0 Å². The van der Waals surface area contributed by atoms with E-state index in [2.05, 4.69) is 15.5 Å². The van der Waals surface area contributed by atoms with Crippen LogP contribution in [0, 0.1) is 4.91 Å². The lowest BCUT2D eigenvalue weighted by Crippen LogP contribution is -2.27. The second-order valence-electron chi connectivity index (χ2n) is 0.761. The lowest BCUT2D eigenvalue weighted by atomic mass is 11.5. The molecule has 0 unspecified atom stereocenters. The fourth-order valence-corrected chi connectivity index (χ4v) is 0.165. The number of nitrogens with one attached hydrogen (secondary N) is 1. The van der Waals surface area contributed by atoms with Crippen molar-refractivity contribution in [1.82, 2.24) is 10.7 Å². The third-order valence-electron chi connectivity index (χ3n) is 0.438. The van der Waals surface area contributed by atoms with Crippen molar-refractivity contribution in [2.45, 2.75) is 7.43 Å². The summed E-state index contributed by atoms with van der Waals surface area (Å²) in [5.74, 6) is 0. The molecule has 0 saturated heterocycles. The van der Waals surface area contributed by atoms with Gasteiger partial charge in [-0.2, -0.15) is 5.43 Å². The zero-order valence-electron chi connectivity index (χ0n) is 4.21. The molecule has 0 amide bonds. The molecular weight excluding hydrogens is 110 g/mol. The number of rotatable bonds is 3. The van der Waals surface area contributed by atoms with Gasteiger partial charge in [-0.05, 0) is 0 Å². The number of hydrogen-bond donors (Lipinski definition) is 1. The zero-order valence-corrected chi connectivity index (χ0v) is 4.21. The maximum absolute atomic E-state index is 9.46. The highest BCUT2D eigenvalue weighted by Crippen LogP contribution is 1.75. The van der Waals surface area contributed by atoms with E-state index >= 15 is 0 Å². The highest BCUT2D eigenvalue weighted by Gasteiger charge is 1.88. The summed E-state index contributed by atoms with van der Waals surface area (Å²) in [6.07, 6.45) is 0. The van der Waals surface area contributed by atoms with Crippen molar-refractivity contribution in [3.8, 4) is 0 Å². The Morgan fingerprint density at radius 2 is 2.25 bits per heavy atom. The summed E-state index contributed by atoms with van der Waals surface area (Å²) in [7, 11) is 2.85. The summed E-state index contributed by atoms with van der Waals surface area (Å²) in [5.41, 5.74) is 2.33. The molecule has 0 bridgehead atoms. The van der Waals surface area contributed by atoms with Gasteiger partial charge in [-0.3, -0.25) is 0 Å². The average molecular weight is 121 g/mol. The van der Waals surface area contributed by atoms with Gasteiger partial charge in [0.05, 0.1) is 12.4 Å². The predicted octanol–water partition coefficient (Wildman–Crippen LogP) is 0.302. The fourth-order valence-electron chi connectivity index (χ4n) is 0.165. The molecule has 0 aliphatic heterocycles. The Balaban J connectivity index is 0. The largest absolute Gasteiger partial charge is 0.243 e. The molecule has 0 fully saturated rings. The van der Waals surface area contributed by atoms with Gasteiger partial charge in [-0.1, -0.05) is 12.7 Å². The van der Waals surface area contributed by atoms with Crippen LogP contribution in [0.5, 0.6) is 0 Å². The molecular formula is C3H11N3O2. The van der Waals surface area contributed by atoms with Gasteiger partial charge >= 0.3 is 0 Å². The second kappa shape index (κ2) is 6.32. The lowest BCUT2D eigenvalue weighted by molar-refractivity contribution is -0.167. The second-order valence-corrected chi connectivity index (χ2v) is 0.761. The Morgan fingerprint density at radius 3 is 2.25 bits per heavy atom. The zero-order chi connectivity index (χ0) is 5.70. The average Bonchev–Trinajstić information content (AvgIpc) is 1.72. The number of nitroso groups, excluding NO2 is 1. The van der Waals surface area contributed by atoms with Gasteiger partial charge in [0.1, 0.15) is 0 Å². The first-order chi connectivity index (χ1) is 3.35. The van der Waals surface area contributed by atoms with Gasteiger partial charge in [-0.25, -0.2) is 4.84 Å². The van der Waals surface area contributed by atoms with Crippen LogP contribution in [-0.2, 0) is 4.84 Å². The third-order valence-corrected chi connectivity index (χ3v) is 0.438. The van der Waals surface area contributed by atoms with Gasteiger partial charge in [0, 0.05) is 7.05 Å². The van der Waals surface area contributed by atoms with E-state index in [1.54, 1.807) is 0 Å². The molecule has 0 aromatic heterocycles. The molecule has 5 heteroatoms. The van der Waals surface area contributed by atoms with E-state index in [-0.39, 0.29) is 7.43 Å². The molecule has 0 aliphatic rings. The van der Waals surface area contributed by atoms with Gasteiger partial charge in [0.2, 0.25) is 0 Å². The monoisotopic (exact) mass is 121 g/mol. The molecule has 5 nitrogen and oxygen atoms in total. The third kappa shape index (κ3) is 3.51. The van der Waals surface area contributed by atoms with Crippen LogP contribution in [0.15, 0.2) is 5.29 Å². The molecule has 0 rings (SSSR count). The van der Waals surface area contributed by atoms with Crippen LogP contribution < -0.4 is 5.43 Å². The minimum atomic E-state index is 0. The smallest absolute Gasteiger partial charge is 0.0962 e. The van der Waals surface area contributed by atoms with Crippen LogP contribution in [0.2, 0.25) is 0 Å². The first-order valence-corrected chi connectivity index (χ1v) is 1.70. The molecule has 0 aliphatic carbocycles. The number of hydrazine groups is 1. The Labute approximate surface area is 48.5 Å². The molecule has 1 N–H and O–H groups in total. The van der Waals surface area contributed by atoms with E-state index in [1.165, 1.54) is 14.2 Å². The summed E-state index contributed by atoms with van der Waals surface area (Å²) in [6, 6.07) is 0. The quantitative estimate of drug-likeness (QED) is 0.431. The van der Waals surface area contributed by atoms with Gasteiger partial charge in [0.25, 0.3) is 0 Å². The summed E-state index contributed by atoms with van der Waals surface area (Å²) in [5, 5.41) is 3.07. The van der Waals surface area contributed by atoms with Crippen molar-refractivity contribution < 1.29 is 4.84 Å². The normalized spacial score (nSPS) is 7.25. The van der Waals surface area contributed by atoms with Crippen molar-refractivity contribution in [3.63, 3.8) is 0 Å². The van der Waals surface area contributed by atoms with Crippen molar-refractivity contribution >= 4 is 0 Å².